The average molecular weight is 429 g/mol. The van der Waals surface area contributed by atoms with Gasteiger partial charge in [-0.3, -0.25) is 4.79 Å². The number of nitrogens with zero attached hydrogens (tertiary/aromatic N) is 5. The molecular weight excluding hydrogens is 400 g/mol. The fourth-order valence-corrected chi connectivity index (χ4v) is 4.25. The van der Waals surface area contributed by atoms with E-state index in [1.54, 1.807) is 6.33 Å². The van der Waals surface area contributed by atoms with Crippen LogP contribution in [0.5, 0.6) is 0 Å². The number of aromatic nitrogens is 2. The van der Waals surface area contributed by atoms with Crippen LogP contribution in [0, 0.1) is 5.92 Å². The van der Waals surface area contributed by atoms with Crippen molar-refractivity contribution < 1.29 is 4.79 Å². The van der Waals surface area contributed by atoms with Crippen molar-refractivity contribution in [2.45, 2.75) is 19.4 Å². The molecule has 30 heavy (non-hydrogen) atoms. The lowest BCUT2D eigenvalue weighted by Crippen LogP contribution is -2.46. The minimum absolute atomic E-state index is 0.0465. The van der Waals surface area contributed by atoms with Gasteiger partial charge >= 0.3 is 0 Å². The lowest BCUT2D eigenvalue weighted by Gasteiger charge is -2.38. The molecule has 2 aliphatic heterocycles. The Balaban J connectivity index is 1.32. The zero-order chi connectivity index (χ0) is 20.9. The summed E-state index contributed by atoms with van der Waals surface area (Å²) in [5, 5.41) is 3.78. The Morgan fingerprint density at radius 1 is 1.07 bits per heavy atom. The van der Waals surface area contributed by atoms with E-state index in [4.69, 9.17) is 11.6 Å². The third kappa shape index (κ3) is 5.02. The molecule has 0 saturated carbocycles. The molecule has 7 nitrogen and oxygen atoms in total. The quantitative estimate of drug-likeness (QED) is 0.789. The van der Waals surface area contributed by atoms with Crippen LogP contribution in [0.25, 0.3) is 0 Å². The first-order valence-corrected chi connectivity index (χ1v) is 11.0. The molecule has 0 spiro atoms. The highest BCUT2D eigenvalue weighted by Crippen LogP contribution is 2.30. The number of benzene rings is 1. The predicted octanol–water partition coefficient (Wildman–Crippen LogP) is 2.41. The number of hydrogen-bond donors (Lipinski definition) is 1. The summed E-state index contributed by atoms with van der Waals surface area (Å²) in [6, 6.07) is 7.59. The molecular formula is C22H29ClN6O. The Kier molecular flexibility index (Phi) is 6.69. The van der Waals surface area contributed by atoms with Gasteiger partial charge in [0.05, 0.1) is 11.9 Å². The number of halogens is 1. The fourth-order valence-electron chi connectivity index (χ4n) is 4.12. The second kappa shape index (κ2) is 9.62. The van der Waals surface area contributed by atoms with Gasteiger partial charge < -0.3 is 20.0 Å². The molecule has 1 N–H and O–H groups in total. The minimum atomic E-state index is 0.0465. The van der Waals surface area contributed by atoms with E-state index in [-0.39, 0.29) is 11.8 Å². The number of piperazine rings is 1. The van der Waals surface area contributed by atoms with Crippen molar-refractivity contribution in [1.82, 2.24) is 20.2 Å². The highest BCUT2D eigenvalue weighted by atomic mass is 35.5. The van der Waals surface area contributed by atoms with Crippen LogP contribution in [0.2, 0.25) is 5.02 Å². The van der Waals surface area contributed by atoms with Crippen molar-refractivity contribution >= 4 is 29.0 Å². The summed E-state index contributed by atoms with van der Waals surface area (Å²) in [6.07, 6.45) is 5.22. The van der Waals surface area contributed by atoms with Crippen LogP contribution in [-0.2, 0) is 11.3 Å². The van der Waals surface area contributed by atoms with Crippen LogP contribution >= 0.6 is 11.6 Å². The van der Waals surface area contributed by atoms with Gasteiger partial charge in [0.15, 0.2) is 5.82 Å². The molecule has 160 valence electrons. The first kappa shape index (κ1) is 20.9. The largest absolute Gasteiger partial charge is 0.367 e. The second-order valence-corrected chi connectivity index (χ2v) is 8.56. The standard InChI is InChI=1S/C22H29ClN6O/c1-27-10-12-29(13-11-27)21-20(15-24-16-26-21)28-8-6-18(7-9-28)22(30)25-14-17-2-4-19(23)5-3-17/h2-5,15-16,18H,6-14H2,1H3,(H,25,30). The lowest BCUT2D eigenvalue weighted by atomic mass is 9.95. The number of nitrogens with one attached hydrogen (secondary N) is 1. The Hall–Kier alpha value is -2.38. The number of carbonyl (C=O) groups is 1. The normalized spacial score (nSPS) is 18.5. The number of rotatable bonds is 5. The Labute approximate surface area is 183 Å². The summed E-state index contributed by atoms with van der Waals surface area (Å²) < 4.78 is 0. The number of carbonyl (C=O) groups excluding carboxylic acids is 1. The highest BCUT2D eigenvalue weighted by molar-refractivity contribution is 6.30. The molecule has 0 bridgehead atoms. The molecule has 8 heteroatoms. The van der Waals surface area contributed by atoms with Crippen LogP contribution in [-0.4, -0.2) is 67.1 Å². The third-order valence-corrected chi connectivity index (χ3v) is 6.31. The van der Waals surface area contributed by atoms with Crippen LogP contribution in [0.4, 0.5) is 11.5 Å². The van der Waals surface area contributed by atoms with Crippen LogP contribution in [0.15, 0.2) is 36.8 Å². The van der Waals surface area contributed by atoms with E-state index in [2.05, 4.69) is 37.0 Å². The number of anilines is 2. The summed E-state index contributed by atoms with van der Waals surface area (Å²) in [6.45, 7) is 6.25. The number of likely N-dealkylation sites (N-methyl/N-ethyl adjacent to an activating group) is 1. The van der Waals surface area contributed by atoms with Crippen molar-refractivity contribution in [3.63, 3.8) is 0 Å². The monoisotopic (exact) mass is 428 g/mol. The SMILES string of the molecule is CN1CCN(c2ncncc2N2CCC(C(=O)NCc3ccc(Cl)cc3)CC2)CC1. The number of amides is 1. The summed E-state index contributed by atoms with van der Waals surface area (Å²) in [7, 11) is 2.15. The first-order chi connectivity index (χ1) is 14.6. The van der Waals surface area contributed by atoms with Crippen LogP contribution < -0.4 is 15.1 Å². The van der Waals surface area contributed by atoms with Crippen molar-refractivity contribution in [2.24, 2.45) is 5.92 Å². The molecule has 4 rings (SSSR count). The van der Waals surface area contributed by atoms with Gasteiger partial charge in [0, 0.05) is 56.8 Å². The molecule has 1 aromatic heterocycles. The molecule has 0 radical (unpaired) electrons. The summed E-state index contributed by atoms with van der Waals surface area (Å²) in [5.74, 6) is 1.20. The molecule has 0 atom stereocenters. The summed E-state index contributed by atoms with van der Waals surface area (Å²) >= 11 is 5.92. The van der Waals surface area contributed by atoms with Gasteiger partial charge in [-0.05, 0) is 37.6 Å². The van der Waals surface area contributed by atoms with Crippen LogP contribution in [0.1, 0.15) is 18.4 Å². The van der Waals surface area contributed by atoms with E-state index < -0.39 is 0 Å². The van der Waals surface area contributed by atoms with Gasteiger partial charge in [-0.15, -0.1) is 0 Å². The number of piperidine rings is 1. The fraction of sp³-hybridized carbons (Fsp3) is 0.500. The average Bonchev–Trinajstić information content (AvgIpc) is 2.79. The number of hydrogen-bond acceptors (Lipinski definition) is 6. The smallest absolute Gasteiger partial charge is 0.223 e. The zero-order valence-electron chi connectivity index (χ0n) is 17.4. The predicted molar refractivity (Wildman–Crippen MR) is 120 cm³/mol. The first-order valence-electron chi connectivity index (χ1n) is 10.6. The maximum Gasteiger partial charge on any atom is 0.223 e. The summed E-state index contributed by atoms with van der Waals surface area (Å²) in [5.41, 5.74) is 2.14. The molecule has 2 fully saturated rings. The van der Waals surface area contributed by atoms with Crippen molar-refractivity contribution in [3.05, 3.63) is 47.4 Å². The van der Waals surface area contributed by atoms with Gasteiger partial charge in [0.1, 0.15) is 6.33 Å². The Morgan fingerprint density at radius 3 is 2.47 bits per heavy atom. The molecule has 3 heterocycles. The molecule has 2 saturated heterocycles. The topological polar surface area (TPSA) is 64.6 Å². The van der Waals surface area contributed by atoms with E-state index >= 15 is 0 Å². The maximum absolute atomic E-state index is 12.6. The Morgan fingerprint density at radius 2 is 1.77 bits per heavy atom. The minimum Gasteiger partial charge on any atom is -0.367 e. The van der Waals surface area contributed by atoms with Gasteiger partial charge in [-0.1, -0.05) is 23.7 Å². The van der Waals surface area contributed by atoms with E-state index in [9.17, 15) is 4.79 Å². The maximum atomic E-state index is 12.6. The third-order valence-electron chi connectivity index (χ3n) is 6.06. The molecule has 0 aliphatic carbocycles. The molecule has 1 amide bonds. The van der Waals surface area contributed by atoms with E-state index in [1.165, 1.54) is 0 Å². The van der Waals surface area contributed by atoms with E-state index in [0.29, 0.717) is 11.6 Å². The summed E-state index contributed by atoms with van der Waals surface area (Å²) in [4.78, 5) is 28.5. The Bertz CT molecular complexity index is 845. The molecule has 2 aliphatic rings. The second-order valence-electron chi connectivity index (χ2n) is 8.13. The van der Waals surface area contributed by atoms with Gasteiger partial charge in [-0.25, -0.2) is 9.97 Å². The zero-order valence-corrected chi connectivity index (χ0v) is 18.2. The molecule has 1 aromatic carbocycles. The van der Waals surface area contributed by atoms with E-state index in [0.717, 1.165) is 69.2 Å². The van der Waals surface area contributed by atoms with E-state index in [1.807, 2.05) is 30.5 Å². The molecule has 2 aromatic rings. The van der Waals surface area contributed by atoms with Crippen molar-refractivity contribution in [2.75, 3.05) is 56.1 Å². The molecule has 0 unspecified atom stereocenters. The van der Waals surface area contributed by atoms with Crippen molar-refractivity contribution in [3.8, 4) is 0 Å². The van der Waals surface area contributed by atoms with Gasteiger partial charge in [0.2, 0.25) is 5.91 Å². The van der Waals surface area contributed by atoms with Crippen molar-refractivity contribution in [1.29, 1.82) is 0 Å². The van der Waals surface area contributed by atoms with Gasteiger partial charge in [-0.2, -0.15) is 0 Å². The van der Waals surface area contributed by atoms with Crippen LogP contribution in [0.3, 0.4) is 0 Å². The lowest BCUT2D eigenvalue weighted by molar-refractivity contribution is -0.125. The van der Waals surface area contributed by atoms with Gasteiger partial charge in [0.25, 0.3) is 0 Å². The highest BCUT2D eigenvalue weighted by Gasteiger charge is 2.28.